The first-order chi connectivity index (χ1) is 9.74. The van der Waals surface area contributed by atoms with E-state index in [0.29, 0.717) is 5.41 Å². The number of hydrogen-bond acceptors (Lipinski definition) is 3. The Hall–Kier alpha value is -0.120. The number of rotatable bonds is 15. The van der Waals surface area contributed by atoms with Crippen molar-refractivity contribution in [3.8, 4) is 0 Å². The van der Waals surface area contributed by atoms with E-state index in [1.807, 2.05) is 0 Å². The highest BCUT2D eigenvalue weighted by Crippen LogP contribution is 2.32. The van der Waals surface area contributed by atoms with Gasteiger partial charge in [0, 0.05) is 33.5 Å². The molecule has 0 aliphatic rings. The maximum Gasteiger partial charge on any atom is 0.0487 e. The molecule has 0 spiro atoms. The summed E-state index contributed by atoms with van der Waals surface area (Å²) in [6.45, 7) is 11.6. The van der Waals surface area contributed by atoms with Gasteiger partial charge in [0.25, 0.3) is 0 Å². The van der Waals surface area contributed by atoms with Crippen molar-refractivity contribution in [2.45, 2.75) is 65.7 Å². The van der Waals surface area contributed by atoms with Crippen LogP contribution in [0.15, 0.2) is 0 Å². The van der Waals surface area contributed by atoms with Gasteiger partial charge in [-0.25, -0.2) is 0 Å². The van der Waals surface area contributed by atoms with Crippen molar-refractivity contribution in [1.29, 1.82) is 0 Å². The van der Waals surface area contributed by atoms with Crippen molar-refractivity contribution < 1.29 is 9.47 Å². The molecule has 20 heavy (non-hydrogen) atoms. The molecule has 0 saturated heterocycles. The predicted molar refractivity (Wildman–Crippen MR) is 87.3 cm³/mol. The minimum absolute atomic E-state index is 0.423. The van der Waals surface area contributed by atoms with Crippen LogP contribution < -0.4 is 5.32 Å². The van der Waals surface area contributed by atoms with Gasteiger partial charge in [-0.15, -0.1) is 0 Å². The monoisotopic (exact) mass is 287 g/mol. The molecule has 0 rings (SSSR count). The molecule has 0 aliphatic carbocycles. The third-order valence-corrected chi connectivity index (χ3v) is 4.15. The van der Waals surface area contributed by atoms with Gasteiger partial charge in [-0.05, 0) is 44.1 Å². The zero-order chi connectivity index (χ0) is 15.1. The van der Waals surface area contributed by atoms with Crippen LogP contribution >= 0.6 is 0 Å². The topological polar surface area (TPSA) is 30.5 Å². The van der Waals surface area contributed by atoms with Crippen molar-refractivity contribution in [3.63, 3.8) is 0 Å². The minimum atomic E-state index is 0.423. The molecule has 0 aliphatic heterocycles. The molecule has 0 radical (unpaired) electrons. The van der Waals surface area contributed by atoms with Gasteiger partial charge in [0.15, 0.2) is 0 Å². The van der Waals surface area contributed by atoms with Gasteiger partial charge < -0.3 is 14.8 Å². The predicted octanol–water partition coefficient (Wildman–Crippen LogP) is 4.02. The SMILES string of the molecule is CCCCC(CC)(CCOCCCOC)CNCCC. The van der Waals surface area contributed by atoms with Gasteiger partial charge in [-0.1, -0.05) is 33.6 Å². The Kier molecular flexibility index (Phi) is 13.8. The second-order valence-electron chi connectivity index (χ2n) is 5.84. The molecule has 0 saturated carbocycles. The molecular weight excluding hydrogens is 250 g/mol. The van der Waals surface area contributed by atoms with E-state index in [-0.39, 0.29) is 0 Å². The van der Waals surface area contributed by atoms with Crippen LogP contribution in [0.3, 0.4) is 0 Å². The number of hydrogen-bond donors (Lipinski definition) is 1. The fourth-order valence-corrected chi connectivity index (χ4v) is 2.56. The third kappa shape index (κ3) is 9.73. The lowest BCUT2D eigenvalue weighted by atomic mass is 9.77. The fourth-order valence-electron chi connectivity index (χ4n) is 2.56. The van der Waals surface area contributed by atoms with Crippen LogP contribution in [0.1, 0.15) is 65.7 Å². The molecule has 0 fully saturated rings. The van der Waals surface area contributed by atoms with E-state index in [4.69, 9.17) is 9.47 Å². The summed E-state index contributed by atoms with van der Waals surface area (Å²) in [6, 6.07) is 0. The summed E-state index contributed by atoms with van der Waals surface area (Å²) >= 11 is 0. The molecule has 0 amide bonds. The van der Waals surface area contributed by atoms with Gasteiger partial charge >= 0.3 is 0 Å². The largest absolute Gasteiger partial charge is 0.385 e. The molecule has 0 aromatic heterocycles. The Balaban J connectivity index is 4.06. The second kappa shape index (κ2) is 13.8. The van der Waals surface area contributed by atoms with Gasteiger partial charge in [0.1, 0.15) is 0 Å². The summed E-state index contributed by atoms with van der Waals surface area (Å²) in [7, 11) is 1.74. The maximum atomic E-state index is 5.77. The lowest BCUT2D eigenvalue weighted by Gasteiger charge is -2.33. The highest BCUT2D eigenvalue weighted by Gasteiger charge is 2.26. The Labute approximate surface area is 126 Å². The zero-order valence-electron chi connectivity index (χ0n) is 14.3. The third-order valence-electron chi connectivity index (χ3n) is 4.15. The molecule has 3 heteroatoms. The molecular formula is C17H37NO2. The minimum Gasteiger partial charge on any atom is -0.385 e. The summed E-state index contributed by atoms with van der Waals surface area (Å²) in [5, 5.41) is 3.62. The number of methoxy groups -OCH3 is 1. The van der Waals surface area contributed by atoms with E-state index in [0.717, 1.165) is 39.3 Å². The molecule has 122 valence electrons. The van der Waals surface area contributed by atoms with E-state index in [1.165, 1.54) is 38.5 Å². The Bertz CT molecular complexity index is 199. The summed E-state index contributed by atoms with van der Waals surface area (Å²) in [5.74, 6) is 0. The number of ether oxygens (including phenoxy) is 2. The van der Waals surface area contributed by atoms with Gasteiger partial charge in [0.2, 0.25) is 0 Å². The molecule has 0 heterocycles. The van der Waals surface area contributed by atoms with E-state index < -0.39 is 0 Å². The van der Waals surface area contributed by atoms with Crippen LogP contribution in [-0.2, 0) is 9.47 Å². The van der Waals surface area contributed by atoms with Crippen molar-refractivity contribution in [2.75, 3.05) is 40.0 Å². The molecule has 0 aromatic carbocycles. The van der Waals surface area contributed by atoms with E-state index >= 15 is 0 Å². The molecule has 1 unspecified atom stereocenters. The average Bonchev–Trinajstić information content (AvgIpc) is 2.48. The summed E-state index contributed by atoms with van der Waals surface area (Å²) in [4.78, 5) is 0. The average molecular weight is 287 g/mol. The van der Waals surface area contributed by atoms with Crippen molar-refractivity contribution in [3.05, 3.63) is 0 Å². The van der Waals surface area contributed by atoms with Crippen LogP contribution in [0.25, 0.3) is 0 Å². The second-order valence-corrected chi connectivity index (χ2v) is 5.84. The molecule has 1 atom stereocenters. The van der Waals surface area contributed by atoms with Gasteiger partial charge in [-0.2, -0.15) is 0 Å². The Morgan fingerprint density at radius 1 is 0.900 bits per heavy atom. The van der Waals surface area contributed by atoms with Gasteiger partial charge in [0.05, 0.1) is 0 Å². The van der Waals surface area contributed by atoms with E-state index in [2.05, 4.69) is 26.1 Å². The number of unbranched alkanes of at least 4 members (excludes halogenated alkanes) is 1. The maximum absolute atomic E-state index is 5.77. The van der Waals surface area contributed by atoms with Crippen molar-refractivity contribution >= 4 is 0 Å². The van der Waals surface area contributed by atoms with Crippen molar-refractivity contribution in [2.24, 2.45) is 5.41 Å². The van der Waals surface area contributed by atoms with E-state index in [9.17, 15) is 0 Å². The molecule has 0 bridgehead atoms. The first kappa shape index (κ1) is 19.9. The normalized spacial score (nSPS) is 14.4. The van der Waals surface area contributed by atoms with Crippen molar-refractivity contribution in [1.82, 2.24) is 5.32 Å². The summed E-state index contributed by atoms with van der Waals surface area (Å²) < 4.78 is 10.8. The summed E-state index contributed by atoms with van der Waals surface area (Å²) in [5.41, 5.74) is 0.423. The highest BCUT2D eigenvalue weighted by molar-refractivity contribution is 4.80. The standard InChI is InChI=1S/C17H37NO2/c1-5-8-10-17(7-3,16-18-12-6-2)11-15-20-14-9-13-19-4/h18H,5-16H2,1-4H3. The molecule has 0 aromatic rings. The lowest BCUT2D eigenvalue weighted by molar-refractivity contribution is 0.0700. The molecule has 3 nitrogen and oxygen atoms in total. The van der Waals surface area contributed by atoms with Crippen LogP contribution in [0.2, 0.25) is 0 Å². The van der Waals surface area contributed by atoms with E-state index in [1.54, 1.807) is 7.11 Å². The first-order valence-corrected chi connectivity index (χ1v) is 8.52. The van der Waals surface area contributed by atoms with Gasteiger partial charge in [-0.3, -0.25) is 0 Å². The lowest BCUT2D eigenvalue weighted by Crippen LogP contribution is -2.35. The zero-order valence-corrected chi connectivity index (χ0v) is 14.3. The smallest absolute Gasteiger partial charge is 0.0487 e. The quantitative estimate of drug-likeness (QED) is 0.462. The summed E-state index contributed by atoms with van der Waals surface area (Å²) in [6.07, 6.45) is 8.55. The van der Waals surface area contributed by atoms with Crippen LogP contribution in [0.4, 0.5) is 0 Å². The molecule has 1 N–H and O–H groups in total. The van der Waals surface area contributed by atoms with Crippen LogP contribution in [0, 0.1) is 5.41 Å². The number of nitrogens with one attached hydrogen (secondary N) is 1. The highest BCUT2D eigenvalue weighted by atomic mass is 16.5. The first-order valence-electron chi connectivity index (χ1n) is 8.52. The Morgan fingerprint density at radius 3 is 2.30 bits per heavy atom. The Morgan fingerprint density at radius 2 is 1.70 bits per heavy atom. The fraction of sp³-hybridized carbons (Fsp3) is 1.00. The van der Waals surface area contributed by atoms with Crippen LogP contribution in [0.5, 0.6) is 0 Å². The van der Waals surface area contributed by atoms with Crippen LogP contribution in [-0.4, -0.2) is 40.0 Å².